The van der Waals surface area contributed by atoms with E-state index in [0.717, 1.165) is 10.8 Å². The number of nitrogens with one attached hydrogen (secondary N) is 3. The summed E-state index contributed by atoms with van der Waals surface area (Å²) in [5.41, 5.74) is 2.10. The maximum atomic E-state index is 14.1. The van der Waals surface area contributed by atoms with Crippen molar-refractivity contribution in [2.75, 3.05) is 35.3 Å². The van der Waals surface area contributed by atoms with Crippen LogP contribution in [0.4, 0.5) is 17.1 Å². The van der Waals surface area contributed by atoms with Gasteiger partial charge in [0, 0.05) is 22.2 Å². The van der Waals surface area contributed by atoms with Crippen molar-refractivity contribution in [3.8, 4) is 0 Å². The molecule has 0 fully saturated rings. The summed E-state index contributed by atoms with van der Waals surface area (Å²) in [7, 11) is 1.62. The van der Waals surface area contributed by atoms with Crippen LogP contribution < -0.4 is 25.8 Å². The summed E-state index contributed by atoms with van der Waals surface area (Å²) in [6, 6.07) is 24.5. The minimum atomic E-state index is -1.16. The summed E-state index contributed by atoms with van der Waals surface area (Å²) in [4.78, 5) is 69.0. The predicted molar refractivity (Wildman–Crippen MR) is 170 cm³/mol. The molecule has 0 bridgehead atoms. The number of ketones is 1. The van der Waals surface area contributed by atoms with Crippen LogP contribution in [0.2, 0.25) is 0 Å². The SMILES string of the molecule is CN[C@@H](C)C(=O)N[C@H]1CN(C(=O)c2ccc(C(C)=O)cc2)c2ccccc2N(CC(=O)Nc2cccc3ccccc23)C1=O. The molecule has 0 aromatic heterocycles. The maximum absolute atomic E-state index is 14.1. The molecule has 224 valence electrons. The summed E-state index contributed by atoms with van der Waals surface area (Å²) in [6.07, 6.45) is 0. The first-order valence-corrected chi connectivity index (χ1v) is 14.3. The third kappa shape index (κ3) is 6.20. The number of fused-ring (bicyclic) bond motifs is 2. The van der Waals surface area contributed by atoms with E-state index in [9.17, 15) is 24.0 Å². The normalized spacial score (nSPS) is 15.2. The topological polar surface area (TPSA) is 128 Å². The highest BCUT2D eigenvalue weighted by Crippen LogP contribution is 2.34. The van der Waals surface area contributed by atoms with Gasteiger partial charge in [-0.2, -0.15) is 0 Å². The Balaban J connectivity index is 1.51. The van der Waals surface area contributed by atoms with Crippen molar-refractivity contribution in [3.05, 3.63) is 102 Å². The van der Waals surface area contributed by atoms with E-state index in [4.69, 9.17) is 0 Å². The Morgan fingerprint density at radius 3 is 2.18 bits per heavy atom. The number of nitrogens with zero attached hydrogens (tertiary/aromatic N) is 2. The number of carbonyl (C=O) groups excluding carboxylic acids is 5. The first kappa shape index (κ1) is 30.1. The Labute approximate surface area is 255 Å². The van der Waals surface area contributed by atoms with Crippen molar-refractivity contribution in [3.63, 3.8) is 0 Å². The van der Waals surface area contributed by atoms with Gasteiger partial charge in [-0.3, -0.25) is 28.9 Å². The molecule has 5 rings (SSSR count). The van der Waals surface area contributed by atoms with Gasteiger partial charge in [-0.15, -0.1) is 0 Å². The number of Topliss-reactive ketones (excluding diaryl/α,β-unsaturated/α-hetero) is 1. The molecular formula is C34H33N5O5. The lowest BCUT2D eigenvalue weighted by molar-refractivity contribution is -0.128. The second kappa shape index (κ2) is 12.9. The van der Waals surface area contributed by atoms with Crippen LogP contribution in [0.25, 0.3) is 10.8 Å². The quantitative estimate of drug-likeness (QED) is 0.268. The number of carbonyl (C=O) groups is 5. The highest BCUT2D eigenvalue weighted by Gasteiger charge is 2.38. The summed E-state index contributed by atoms with van der Waals surface area (Å²) in [5.74, 6) is -1.98. The lowest BCUT2D eigenvalue weighted by Crippen LogP contribution is -2.56. The fourth-order valence-electron chi connectivity index (χ4n) is 5.15. The lowest BCUT2D eigenvalue weighted by Gasteiger charge is -2.26. The molecule has 0 saturated heterocycles. The predicted octanol–water partition coefficient (Wildman–Crippen LogP) is 3.77. The first-order valence-electron chi connectivity index (χ1n) is 14.3. The fraction of sp³-hybridized carbons (Fsp3) is 0.206. The Hall–Kier alpha value is -5.35. The Morgan fingerprint density at radius 1 is 0.841 bits per heavy atom. The molecule has 2 atom stereocenters. The largest absolute Gasteiger partial charge is 0.341 e. The third-order valence-corrected chi connectivity index (χ3v) is 7.68. The number of benzene rings is 4. The van der Waals surface area contributed by atoms with Crippen molar-refractivity contribution in [1.82, 2.24) is 10.6 Å². The van der Waals surface area contributed by atoms with E-state index in [2.05, 4.69) is 16.0 Å². The van der Waals surface area contributed by atoms with E-state index >= 15 is 0 Å². The van der Waals surface area contributed by atoms with Gasteiger partial charge in [-0.05, 0) is 56.6 Å². The van der Waals surface area contributed by atoms with Gasteiger partial charge < -0.3 is 20.9 Å². The average Bonchev–Trinajstić information content (AvgIpc) is 3.15. The monoisotopic (exact) mass is 591 g/mol. The Bertz CT molecular complexity index is 1750. The van der Waals surface area contributed by atoms with Crippen molar-refractivity contribution < 1.29 is 24.0 Å². The van der Waals surface area contributed by atoms with E-state index in [1.807, 2.05) is 36.4 Å². The van der Waals surface area contributed by atoms with Gasteiger partial charge in [-0.1, -0.05) is 60.7 Å². The molecule has 4 aromatic rings. The zero-order valence-electron chi connectivity index (χ0n) is 24.7. The molecule has 4 aromatic carbocycles. The van der Waals surface area contributed by atoms with E-state index < -0.39 is 35.7 Å². The van der Waals surface area contributed by atoms with Gasteiger partial charge in [0.2, 0.25) is 11.8 Å². The summed E-state index contributed by atoms with van der Waals surface area (Å²) >= 11 is 0. The van der Waals surface area contributed by atoms with Crippen molar-refractivity contribution in [2.45, 2.75) is 25.9 Å². The minimum absolute atomic E-state index is 0.131. The maximum Gasteiger partial charge on any atom is 0.258 e. The number of para-hydroxylation sites is 2. The van der Waals surface area contributed by atoms with Crippen LogP contribution >= 0.6 is 0 Å². The molecule has 44 heavy (non-hydrogen) atoms. The first-order chi connectivity index (χ1) is 21.2. The Kier molecular flexibility index (Phi) is 8.82. The molecule has 10 nitrogen and oxygen atoms in total. The smallest absolute Gasteiger partial charge is 0.258 e. The summed E-state index contributed by atoms with van der Waals surface area (Å²) in [5, 5.41) is 10.3. The molecule has 3 N–H and O–H groups in total. The molecular weight excluding hydrogens is 558 g/mol. The summed E-state index contributed by atoms with van der Waals surface area (Å²) in [6.45, 7) is 2.56. The van der Waals surface area contributed by atoms with Crippen LogP contribution in [0, 0.1) is 0 Å². The second-order valence-electron chi connectivity index (χ2n) is 10.6. The molecule has 10 heteroatoms. The highest BCUT2D eigenvalue weighted by atomic mass is 16.2. The van der Waals surface area contributed by atoms with E-state index in [1.165, 1.54) is 16.7 Å². The van der Waals surface area contributed by atoms with E-state index in [-0.39, 0.29) is 18.9 Å². The average molecular weight is 592 g/mol. The fourth-order valence-corrected chi connectivity index (χ4v) is 5.15. The van der Waals surface area contributed by atoms with Crippen LogP contribution in [-0.2, 0) is 14.4 Å². The summed E-state index contributed by atoms with van der Waals surface area (Å²) < 4.78 is 0. The molecule has 0 spiro atoms. The number of hydrogen-bond acceptors (Lipinski definition) is 6. The van der Waals surface area contributed by atoms with E-state index in [0.29, 0.717) is 28.2 Å². The molecule has 1 aliphatic heterocycles. The van der Waals surface area contributed by atoms with Crippen molar-refractivity contribution >= 4 is 57.2 Å². The van der Waals surface area contributed by atoms with Gasteiger partial charge >= 0.3 is 0 Å². The van der Waals surface area contributed by atoms with Crippen molar-refractivity contribution in [2.24, 2.45) is 0 Å². The van der Waals surface area contributed by atoms with Gasteiger partial charge in [0.1, 0.15) is 12.6 Å². The third-order valence-electron chi connectivity index (χ3n) is 7.68. The zero-order valence-corrected chi connectivity index (χ0v) is 24.7. The molecule has 0 unspecified atom stereocenters. The van der Waals surface area contributed by atoms with Gasteiger partial charge in [0.25, 0.3) is 11.8 Å². The molecule has 4 amide bonds. The van der Waals surface area contributed by atoms with Crippen LogP contribution in [-0.4, -0.2) is 61.6 Å². The number of rotatable bonds is 8. The Morgan fingerprint density at radius 2 is 1.48 bits per heavy atom. The van der Waals surface area contributed by atoms with Crippen LogP contribution in [0.1, 0.15) is 34.6 Å². The van der Waals surface area contributed by atoms with Gasteiger partial charge in [-0.25, -0.2) is 0 Å². The molecule has 0 saturated carbocycles. The van der Waals surface area contributed by atoms with Crippen LogP contribution in [0.3, 0.4) is 0 Å². The van der Waals surface area contributed by atoms with Gasteiger partial charge in [0.15, 0.2) is 5.78 Å². The number of anilines is 3. The molecule has 0 radical (unpaired) electrons. The van der Waals surface area contributed by atoms with Crippen molar-refractivity contribution in [1.29, 1.82) is 0 Å². The minimum Gasteiger partial charge on any atom is -0.341 e. The van der Waals surface area contributed by atoms with Gasteiger partial charge in [0.05, 0.1) is 24.0 Å². The second-order valence-corrected chi connectivity index (χ2v) is 10.6. The molecule has 0 aliphatic carbocycles. The molecule has 1 aliphatic rings. The lowest BCUT2D eigenvalue weighted by atomic mass is 10.1. The number of amides is 4. The highest BCUT2D eigenvalue weighted by molar-refractivity contribution is 6.15. The molecule has 1 heterocycles. The van der Waals surface area contributed by atoms with Crippen LogP contribution in [0.15, 0.2) is 91.0 Å². The van der Waals surface area contributed by atoms with E-state index in [1.54, 1.807) is 68.6 Å². The number of likely N-dealkylation sites (N-methyl/N-ethyl adjacent to an activating group) is 1. The van der Waals surface area contributed by atoms with Crippen LogP contribution in [0.5, 0.6) is 0 Å². The number of hydrogen-bond donors (Lipinski definition) is 3. The zero-order chi connectivity index (χ0) is 31.4. The standard InChI is InChI=1S/C34H33N5O5/c1-21(35-3)32(42)37-28-19-38(33(43)25-17-15-23(16-18-25)22(2)40)29-13-6-7-14-30(29)39(34(28)44)20-31(41)36-27-12-8-10-24-9-4-5-11-26(24)27/h4-18,21,28,35H,19-20H2,1-3H3,(H,36,41)(H,37,42)/t21-,28-/m0/s1.